The zero-order valence-corrected chi connectivity index (χ0v) is 15.9. The van der Waals surface area contributed by atoms with Gasteiger partial charge in [0.25, 0.3) is 0 Å². The number of thiazole rings is 1. The van der Waals surface area contributed by atoms with E-state index in [0.717, 1.165) is 31.7 Å². The Morgan fingerprint density at radius 3 is 2.96 bits per heavy atom. The van der Waals surface area contributed by atoms with Gasteiger partial charge in [-0.15, -0.1) is 11.3 Å². The zero-order chi connectivity index (χ0) is 17.5. The average Bonchev–Trinajstić information content (AvgIpc) is 3.19. The number of allylic oxidation sites excluding steroid dienone is 2. The second-order valence-electron chi connectivity index (χ2n) is 7.51. The molecule has 5 rings (SSSR count). The minimum absolute atomic E-state index is 0.501. The van der Waals surface area contributed by atoms with Gasteiger partial charge in [0.15, 0.2) is 0 Å². The highest BCUT2D eigenvalue weighted by atomic mass is 32.1. The van der Waals surface area contributed by atoms with Crippen molar-refractivity contribution in [2.45, 2.75) is 44.7 Å². The molecule has 0 spiro atoms. The van der Waals surface area contributed by atoms with Gasteiger partial charge in [0.1, 0.15) is 0 Å². The lowest BCUT2D eigenvalue weighted by Gasteiger charge is -2.20. The van der Waals surface area contributed by atoms with Crippen LogP contribution >= 0.6 is 11.3 Å². The average molecular weight is 365 g/mol. The lowest BCUT2D eigenvalue weighted by Crippen LogP contribution is -2.30. The third-order valence-electron chi connectivity index (χ3n) is 5.75. The molecule has 1 N–H and O–H groups in total. The largest absolute Gasteiger partial charge is 0.370 e. The number of nitrogens with one attached hydrogen (secondary N) is 1. The number of hydrogen-bond acceptors (Lipinski definition) is 5. The number of fused-ring (bicyclic) bond motifs is 1. The van der Waals surface area contributed by atoms with E-state index in [1.54, 1.807) is 0 Å². The second-order valence-corrected chi connectivity index (χ2v) is 8.62. The summed E-state index contributed by atoms with van der Waals surface area (Å²) in [5.74, 6) is 0.557. The summed E-state index contributed by atoms with van der Waals surface area (Å²) in [4.78, 5) is 13.4. The molecule has 2 aromatic rings. The Hall–Kier alpha value is -1.98. The lowest BCUT2D eigenvalue weighted by atomic mass is 9.96. The van der Waals surface area contributed by atoms with Crippen LogP contribution in [0, 0.1) is 6.92 Å². The maximum Gasteiger partial charge on any atom is 0.0980 e. The van der Waals surface area contributed by atoms with Gasteiger partial charge >= 0.3 is 0 Å². The summed E-state index contributed by atoms with van der Waals surface area (Å²) in [7, 11) is 0. The molecule has 4 nitrogen and oxygen atoms in total. The summed E-state index contributed by atoms with van der Waals surface area (Å²) in [5, 5.41) is 5.02. The maximum atomic E-state index is 5.05. The van der Waals surface area contributed by atoms with Gasteiger partial charge in [-0.3, -0.25) is 4.98 Å². The first-order valence-electron chi connectivity index (χ1n) is 9.54. The normalized spacial score (nSPS) is 24.8. The topological polar surface area (TPSA) is 41.1 Å². The fourth-order valence-corrected chi connectivity index (χ4v) is 5.30. The molecule has 134 valence electrons. The third-order valence-corrected chi connectivity index (χ3v) is 7.07. The summed E-state index contributed by atoms with van der Waals surface area (Å²) in [5.41, 5.74) is 5.04. The van der Waals surface area contributed by atoms with Crippen LogP contribution < -0.4 is 10.2 Å². The summed E-state index contributed by atoms with van der Waals surface area (Å²) in [6, 6.07) is 4.79. The van der Waals surface area contributed by atoms with Crippen molar-refractivity contribution < 1.29 is 0 Å². The molecule has 0 bridgehead atoms. The van der Waals surface area contributed by atoms with Gasteiger partial charge in [-0.1, -0.05) is 18.2 Å². The van der Waals surface area contributed by atoms with Crippen LogP contribution in [0.1, 0.15) is 40.0 Å². The highest BCUT2D eigenvalue weighted by Crippen LogP contribution is 2.35. The van der Waals surface area contributed by atoms with Crippen LogP contribution in [-0.2, 0) is 13.0 Å². The summed E-state index contributed by atoms with van der Waals surface area (Å²) in [6.07, 6.45) is 12.1. The number of pyridine rings is 1. The molecule has 1 saturated heterocycles. The Labute approximate surface area is 158 Å². The highest BCUT2D eigenvalue weighted by molar-refractivity contribution is 7.11. The Morgan fingerprint density at radius 1 is 1.27 bits per heavy atom. The molecule has 2 unspecified atom stereocenters. The lowest BCUT2D eigenvalue weighted by molar-refractivity contribution is 0.556. The van der Waals surface area contributed by atoms with Crippen LogP contribution in [0.2, 0.25) is 0 Å². The van der Waals surface area contributed by atoms with Gasteiger partial charge in [-0.05, 0) is 43.9 Å². The molecule has 0 aromatic carbocycles. The summed E-state index contributed by atoms with van der Waals surface area (Å²) in [6.45, 7) is 5.10. The summed E-state index contributed by atoms with van der Waals surface area (Å²) < 4.78 is 0. The molecule has 3 aliphatic rings. The SMILES string of the molecule is Cc1ccc(N2CCC(c3nc4c(s3)CCC(C3=CC=C3)NC4)C2)cn1. The standard InChI is InChI=1S/C21H24N4S/c1-14-5-6-17(11-22-14)25-10-9-16(13-25)21-24-19-12-23-18(15-3-2-4-15)7-8-20(19)26-21/h2-6,11,16,18,23H,7-10,12-13H2,1H3. The van der Waals surface area contributed by atoms with E-state index in [4.69, 9.17) is 4.98 Å². The zero-order valence-electron chi connectivity index (χ0n) is 15.1. The molecule has 2 aliphatic heterocycles. The van der Waals surface area contributed by atoms with Gasteiger partial charge in [-0.2, -0.15) is 0 Å². The number of rotatable bonds is 3. The Bertz CT molecular complexity index is 839. The van der Waals surface area contributed by atoms with Crippen molar-refractivity contribution in [3.8, 4) is 0 Å². The van der Waals surface area contributed by atoms with E-state index < -0.39 is 0 Å². The summed E-state index contributed by atoms with van der Waals surface area (Å²) >= 11 is 1.95. The predicted molar refractivity (Wildman–Crippen MR) is 107 cm³/mol. The third kappa shape index (κ3) is 2.99. The van der Waals surface area contributed by atoms with Crippen LogP contribution in [0.15, 0.2) is 42.1 Å². The van der Waals surface area contributed by atoms with Crippen molar-refractivity contribution >= 4 is 17.0 Å². The van der Waals surface area contributed by atoms with Crippen LogP contribution in [-0.4, -0.2) is 29.1 Å². The molecule has 4 heterocycles. The van der Waals surface area contributed by atoms with Gasteiger partial charge in [0.2, 0.25) is 0 Å². The van der Waals surface area contributed by atoms with E-state index in [1.165, 1.54) is 39.7 Å². The van der Waals surface area contributed by atoms with Crippen molar-refractivity contribution in [2.75, 3.05) is 18.0 Å². The fourth-order valence-electron chi connectivity index (χ4n) is 4.08. The number of nitrogens with zero attached hydrogens (tertiary/aromatic N) is 3. The monoisotopic (exact) mass is 364 g/mol. The van der Waals surface area contributed by atoms with Gasteiger partial charge in [-0.25, -0.2) is 4.98 Å². The molecule has 26 heavy (non-hydrogen) atoms. The minimum atomic E-state index is 0.501. The number of anilines is 1. The fraction of sp³-hybridized carbons (Fsp3) is 0.429. The van der Waals surface area contributed by atoms with Crippen molar-refractivity contribution in [1.82, 2.24) is 15.3 Å². The quantitative estimate of drug-likeness (QED) is 0.901. The number of hydrogen-bond donors (Lipinski definition) is 1. The van der Waals surface area contributed by atoms with E-state index in [-0.39, 0.29) is 0 Å². The van der Waals surface area contributed by atoms with E-state index in [9.17, 15) is 0 Å². The van der Waals surface area contributed by atoms with E-state index >= 15 is 0 Å². The van der Waals surface area contributed by atoms with Crippen molar-refractivity contribution in [3.63, 3.8) is 0 Å². The van der Waals surface area contributed by atoms with Crippen molar-refractivity contribution in [3.05, 3.63) is 63.4 Å². The molecule has 0 saturated carbocycles. The molecule has 1 fully saturated rings. The Balaban J connectivity index is 1.27. The number of aryl methyl sites for hydroxylation is 2. The first kappa shape index (κ1) is 16.2. The Kier molecular flexibility index (Phi) is 4.14. The van der Waals surface area contributed by atoms with E-state index in [2.05, 4.69) is 45.6 Å². The van der Waals surface area contributed by atoms with Crippen LogP contribution in [0.5, 0.6) is 0 Å². The van der Waals surface area contributed by atoms with Gasteiger partial charge in [0.05, 0.1) is 22.6 Å². The maximum absolute atomic E-state index is 5.05. The van der Waals surface area contributed by atoms with Crippen LogP contribution in [0.3, 0.4) is 0 Å². The molecular weight excluding hydrogens is 340 g/mol. The molecule has 2 aromatic heterocycles. The number of aromatic nitrogens is 2. The first-order valence-corrected chi connectivity index (χ1v) is 10.4. The van der Waals surface area contributed by atoms with Crippen molar-refractivity contribution in [2.24, 2.45) is 0 Å². The second kappa shape index (κ2) is 6.63. The van der Waals surface area contributed by atoms with E-state index in [1.807, 2.05) is 24.5 Å². The highest BCUT2D eigenvalue weighted by Gasteiger charge is 2.29. The minimum Gasteiger partial charge on any atom is -0.370 e. The van der Waals surface area contributed by atoms with Crippen LogP contribution in [0.4, 0.5) is 5.69 Å². The molecular formula is C21H24N4S. The molecule has 5 heteroatoms. The van der Waals surface area contributed by atoms with Gasteiger partial charge in [0, 0.05) is 42.2 Å². The molecule has 0 amide bonds. The first-order chi connectivity index (χ1) is 12.8. The van der Waals surface area contributed by atoms with Crippen molar-refractivity contribution in [1.29, 1.82) is 0 Å². The molecule has 2 atom stereocenters. The Morgan fingerprint density at radius 2 is 2.19 bits per heavy atom. The predicted octanol–water partition coefficient (Wildman–Crippen LogP) is 3.74. The van der Waals surface area contributed by atoms with Gasteiger partial charge < -0.3 is 10.2 Å². The van der Waals surface area contributed by atoms with E-state index in [0.29, 0.717) is 12.0 Å². The smallest absolute Gasteiger partial charge is 0.0980 e. The molecule has 0 radical (unpaired) electrons. The molecule has 1 aliphatic carbocycles. The van der Waals surface area contributed by atoms with Crippen LogP contribution in [0.25, 0.3) is 0 Å².